The van der Waals surface area contributed by atoms with Crippen molar-refractivity contribution in [3.63, 3.8) is 0 Å². The Kier molecular flexibility index (Phi) is 3.36. The van der Waals surface area contributed by atoms with Gasteiger partial charge in [-0.25, -0.2) is 4.79 Å². The Balaban J connectivity index is 1.62. The fraction of sp³-hybridized carbons (Fsp3) is 0.444. The third-order valence-corrected chi connectivity index (χ3v) is 5.40. The van der Waals surface area contributed by atoms with Crippen LogP contribution in [0.3, 0.4) is 0 Å². The van der Waals surface area contributed by atoms with Crippen LogP contribution in [-0.4, -0.2) is 27.3 Å². The average Bonchev–Trinajstić information content (AvgIpc) is 2.94. The first kappa shape index (κ1) is 14.3. The quantitative estimate of drug-likeness (QED) is 0.924. The molecule has 0 spiro atoms. The van der Waals surface area contributed by atoms with E-state index < -0.39 is 0 Å². The van der Waals surface area contributed by atoms with E-state index in [9.17, 15) is 4.79 Å². The van der Waals surface area contributed by atoms with Crippen molar-refractivity contribution >= 4 is 11.7 Å². The molecule has 5 heteroatoms. The minimum absolute atomic E-state index is 0.0139. The molecule has 0 unspecified atom stereocenters. The molecule has 0 bridgehead atoms. The third kappa shape index (κ3) is 2.22. The number of rotatable bonds is 2. The van der Waals surface area contributed by atoms with Gasteiger partial charge in [0.2, 0.25) is 0 Å². The zero-order valence-corrected chi connectivity index (χ0v) is 13.4. The van der Waals surface area contributed by atoms with Crippen molar-refractivity contribution in [2.45, 2.75) is 31.2 Å². The van der Waals surface area contributed by atoms with E-state index in [-0.39, 0.29) is 11.6 Å². The molecule has 2 amide bonds. The molecule has 1 saturated carbocycles. The normalized spacial score (nSPS) is 26.3. The van der Waals surface area contributed by atoms with Crippen LogP contribution in [0.25, 0.3) is 0 Å². The van der Waals surface area contributed by atoms with Crippen molar-refractivity contribution in [1.82, 2.24) is 14.7 Å². The van der Waals surface area contributed by atoms with Crippen LogP contribution in [-0.2, 0) is 12.6 Å². The van der Waals surface area contributed by atoms with Crippen LogP contribution < -0.4 is 5.32 Å². The van der Waals surface area contributed by atoms with Gasteiger partial charge in [-0.3, -0.25) is 4.68 Å². The van der Waals surface area contributed by atoms with E-state index in [1.165, 1.54) is 24.8 Å². The number of carbonyl (C=O) groups is 1. The van der Waals surface area contributed by atoms with Crippen molar-refractivity contribution in [2.75, 3.05) is 11.9 Å². The molecule has 1 aliphatic heterocycles. The first-order chi connectivity index (χ1) is 11.2. The van der Waals surface area contributed by atoms with Crippen LogP contribution in [0.4, 0.5) is 10.5 Å². The lowest BCUT2D eigenvalue weighted by molar-refractivity contribution is -0.0756. The fourth-order valence-electron chi connectivity index (χ4n) is 4.30. The molecule has 4 rings (SSSR count). The molecular weight excluding hydrogens is 288 g/mol. The number of amides is 2. The number of anilines is 1. The van der Waals surface area contributed by atoms with E-state index in [1.807, 2.05) is 24.2 Å². The molecule has 0 radical (unpaired) electrons. The Morgan fingerprint density at radius 3 is 2.83 bits per heavy atom. The number of urea groups is 1. The van der Waals surface area contributed by atoms with E-state index >= 15 is 0 Å². The number of nitrogens with zero attached hydrogens (tertiary/aromatic N) is 3. The van der Waals surface area contributed by atoms with E-state index in [0.29, 0.717) is 5.92 Å². The summed E-state index contributed by atoms with van der Waals surface area (Å²) in [5.74, 6) is 0.582. The maximum Gasteiger partial charge on any atom is 0.322 e. The smallest absolute Gasteiger partial charge is 0.314 e. The zero-order valence-electron chi connectivity index (χ0n) is 13.4. The summed E-state index contributed by atoms with van der Waals surface area (Å²) in [4.78, 5) is 14.8. The predicted octanol–water partition coefficient (Wildman–Crippen LogP) is 3.35. The number of likely N-dealkylation sites (tertiary alicyclic amines) is 1. The number of benzene rings is 1. The first-order valence-electron chi connectivity index (χ1n) is 8.33. The van der Waals surface area contributed by atoms with E-state index in [2.05, 4.69) is 34.7 Å². The van der Waals surface area contributed by atoms with Crippen LogP contribution in [0.2, 0.25) is 0 Å². The van der Waals surface area contributed by atoms with Gasteiger partial charge in [0.15, 0.2) is 0 Å². The Labute approximate surface area is 136 Å². The standard InChI is InChI=1S/C18H22N4O/c1-21-13-16(11-19-21)20-17(23)22-12-15-9-5-6-10-18(15,22)14-7-3-2-4-8-14/h2-4,7-8,11,13,15H,5-6,9-10,12H2,1H3,(H,20,23)/t15-,18+/m1/s1. The molecule has 2 fully saturated rings. The number of aromatic nitrogens is 2. The second-order valence-electron chi connectivity index (χ2n) is 6.68. The van der Waals surface area contributed by atoms with Gasteiger partial charge in [-0.15, -0.1) is 0 Å². The lowest BCUT2D eigenvalue weighted by atomic mass is 9.62. The van der Waals surface area contributed by atoms with Crippen LogP contribution in [0, 0.1) is 5.92 Å². The highest BCUT2D eigenvalue weighted by Gasteiger charge is 2.57. The number of hydrogen-bond acceptors (Lipinski definition) is 2. The molecule has 1 N–H and O–H groups in total. The largest absolute Gasteiger partial charge is 0.322 e. The topological polar surface area (TPSA) is 50.2 Å². The van der Waals surface area contributed by atoms with Crippen LogP contribution >= 0.6 is 0 Å². The number of fused-ring (bicyclic) bond motifs is 1. The van der Waals surface area contributed by atoms with Crippen molar-refractivity contribution in [1.29, 1.82) is 0 Å². The van der Waals surface area contributed by atoms with Gasteiger partial charge in [-0.2, -0.15) is 5.10 Å². The Bertz CT molecular complexity index is 711. The van der Waals surface area contributed by atoms with Crippen LogP contribution in [0.15, 0.2) is 42.7 Å². The lowest BCUT2D eigenvalue weighted by Gasteiger charge is -2.61. The molecule has 1 aromatic carbocycles. The van der Waals surface area contributed by atoms with Gasteiger partial charge in [0.05, 0.1) is 17.4 Å². The van der Waals surface area contributed by atoms with Gasteiger partial charge in [0.1, 0.15) is 0 Å². The van der Waals surface area contributed by atoms with Crippen molar-refractivity contribution < 1.29 is 4.79 Å². The minimum atomic E-state index is -0.119. The van der Waals surface area contributed by atoms with Crippen LogP contribution in [0.1, 0.15) is 31.2 Å². The highest BCUT2D eigenvalue weighted by molar-refractivity contribution is 5.90. The van der Waals surface area contributed by atoms with Crippen molar-refractivity contribution in [2.24, 2.45) is 13.0 Å². The summed E-state index contributed by atoms with van der Waals surface area (Å²) < 4.78 is 1.70. The summed E-state index contributed by atoms with van der Waals surface area (Å²) in [6, 6.07) is 10.5. The molecule has 2 aliphatic rings. The number of carbonyl (C=O) groups excluding carboxylic acids is 1. The Morgan fingerprint density at radius 2 is 2.13 bits per heavy atom. The van der Waals surface area contributed by atoms with Crippen molar-refractivity contribution in [3.05, 3.63) is 48.3 Å². The molecular formula is C18H22N4O. The molecule has 1 aliphatic carbocycles. The van der Waals surface area contributed by atoms with Gasteiger partial charge in [0.25, 0.3) is 0 Å². The molecule has 1 aromatic heterocycles. The summed E-state index contributed by atoms with van der Waals surface area (Å²) in [6.07, 6.45) is 8.24. The zero-order chi connectivity index (χ0) is 15.9. The van der Waals surface area contributed by atoms with Gasteiger partial charge in [-0.05, 0) is 18.4 Å². The number of hydrogen-bond donors (Lipinski definition) is 1. The van der Waals surface area contributed by atoms with E-state index in [4.69, 9.17) is 0 Å². The molecule has 1 saturated heterocycles. The number of nitrogens with one attached hydrogen (secondary N) is 1. The highest BCUT2D eigenvalue weighted by Crippen LogP contribution is 2.53. The monoisotopic (exact) mass is 310 g/mol. The molecule has 2 atom stereocenters. The fourth-order valence-corrected chi connectivity index (χ4v) is 4.30. The van der Waals surface area contributed by atoms with Gasteiger partial charge in [-0.1, -0.05) is 43.2 Å². The maximum absolute atomic E-state index is 12.8. The Hall–Kier alpha value is -2.30. The Morgan fingerprint density at radius 1 is 1.30 bits per heavy atom. The van der Waals surface area contributed by atoms with Gasteiger partial charge in [0, 0.05) is 25.7 Å². The lowest BCUT2D eigenvalue weighted by Crippen LogP contribution is -2.68. The highest BCUT2D eigenvalue weighted by atomic mass is 16.2. The second kappa shape index (κ2) is 5.41. The third-order valence-electron chi connectivity index (χ3n) is 5.40. The van der Waals surface area contributed by atoms with E-state index in [1.54, 1.807) is 10.9 Å². The minimum Gasteiger partial charge on any atom is -0.314 e. The summed E-state index contributed by atoms with van der Waals surface area (Å²) in [5, 5.41) is 7.11. The molecule has 23 heavy (non-hydrogen) atoms. The first-order valence-corrected chi connectivity index (χ1v) is 8.33. The molecule has 2 aromatic rings. The van der Waals surface area contributed by atoms with Gasteiger partial charge >= 0.3 is 6.03 Å². The second-order valence-corrected chi connectivity index (χ2v) is 6.68. The summed E-state index contributed by atoms with van der Waals surface area (Å²) in [6.45, 7) is 0.848. The van der Waals surface area contributed by atoms with Gasteiger partial charge < -0.3 is 10.2 Å². The summed E-state index contributed by atoms with van der Waals surface area (Å²) in [5.41, 5.74) is 1.91. The summed E-state index contributed by atoms with van der Waals surface area (Å²) in [7, 11) is 1.85. The van der Waals surface area contributed by atoms with Crippen molar-refractivity contribution in [3.8, 4) is 0 Å². The molecule has 120 valence electrons. The predicted molar refractivity (Wildman–Crippen MR) is 89.0 cm³/mol. The SMILES string of the molecule is Cn1cc(NC(=O)N2C[C@H]3CCCC[C@]32c2ccccc2)cn1. The van der Waals surface area contributed by atoms with Crippen LogP contribution in [0.5, 0.6) is 0 Å². The maximum atomic E-state index is 12.8. The van der Waals surface area contributed by atoms with E-state index in [0.717, 1.165) is 18.7 Å². The molecule has 2 heterocycles. The summed E-state index contributed by atoms with van der Waals surface area (Å²) >= 11 is 0. The number of aryl methyl sites for hydroxylation is 1. The average molecular weight is 310 g/mol. The molecule has 5 nitrogen and oxygen atoms in total.